The Morgan fingerprint density at radius 3 is 2.90 bits per heavy atom. The minimum Gasteiger partial charge on any atom is -0.463 e. The molecule has 0 spiro atoms. The van der Waals surface area contributed by atoms with Crippen LogP contribution in [-0.4, -0.2) is 74.7 Å². The zero-order valence-corrected chi connectivity index (χ0v) is 19.0. The molecule has 0 aliphatic carbocycles. The van der Waals surface area contributed by atoms with Crippen molar-refractivity contribution in [2.45, 2.75) is 23.8 Å². The number of ether oxygens (including phenoxy) is 1. The van der Waals surface area contributed by atoms with Crippen molar-refractivity contribution in [1.29, 1.82) is 0 Å². The van der Waals surface area contributed by atoms with Crippen molar-refractivity contribution in [2.24, 2.45) is 5.92 Å². The van der Waals surface area contributed by atoms with Gasteiger partial charge in [0.1, 0.15) is 0 Å². The molecule has 1 amide bonds. The first kappa shape index (κ1) is 21.8. The number of para-hydroxylation sites is 1. The lowest BCUT2D eigenvalue weighted by molar-refractivity contribution is -0.139. The molecule has 1 aromatic carbocycles. The molecule has 1 fully saturated rings. The summed E-state index contributed by atoms with van der Waals surface area (Å²) in [6.45, 7) is 3.89. The number of carbonyl (C=O) groups excluding carboxylic acids is 2. The summed E-state index contributed by atoms with van der Waals surface area (Å²) in [4.78, 5) is 27.6. The van der Waals surface area contributed by atoms with Gasteiger partial charge in [-0.3, -0.25) is 4.79 Å². The van der Waals surface area contributed by atoms with E-state index in [4.69, 9.17) is 4.74 Å². The normalized spacial score (nSPS) is 21.1. The molecule has 0 bridgehead atoms. The molecule has 1 N–H and O–H groups in total. The number of aromatic nitrogens is 4. The fourth-order valence-electron chi connectivity index (χ4n) is 3.75. The number of thioether (sulfide) groups is 2. The lowest BCUT2D eigenvalue weighted by atomic mass is 9.89. The van der Waals surface area contributed by atoms with Gasteiger partial charge in [0.25, 0.3) is 0 Å². The molecule has 1 saturated heterocycles. The van der Waals surface area contributed by atoms with Crippen molar-refractivity contribution in [3.8, 4) is 5.69 Å². The van der Waals surface area contributed by atoms with Crippen LogP contribution in [0.25, 0.3) is 5.69 Å². The Morgan fingerprint density at radius 2 is 2.13 bits per heavy atom. The molecule has 1 aromatic heterocycles. The van der Waals surface area contributed by atoms with Crippen LogP contribution >= 0.6 is 23.5 Å². The van der Waals surface area contributed by atoms with Crippen LogP contribution in [-0.2, 0) is 14.3 Å². The van der Waals surface area contributed by atoms with E-state index in [0.29, 0.717) is 22.4 Å². The van der Waals surface area contributed by atoms with Crippen molar-refractivity contribution in [3.05, 3.63) is 40.9 Å². The number of benzene rings is 1. The third-order valence-electron chi connectivity index (χ3n) is 5.17. The van der Waals surface area contributed by atoms with Crippen LogP contribution in [0.2, 0.25) is 0 Å². The van der Waals surface area contributed by atoms with Gasteiger partial charge in [0.2, 0.25) is 11.1 Å². The van der Waals surface area contributed by atoms with Gasteiger partial charge < -0.3 is 15.0 Å². The number of carbonyl (C=O) groups is 2. The first-order valence-corrected chi connectivity index (χ1v) is 12.0. The predicted molar refractivity (Wildman–Crippen MR) is 119 cm³/mol. The summed E-state index contributed by atoms with van der Waals surface area (Å²) in [5, 5.41) is 16.1. The number of amides is 1. The highest BCUT2D eigenvalue weighted by Crippen LogP contribution is 2.45. The Balaban J connectivity index is 1.44. The maximum Gasteiger partial charge on any atom is 0.336 e. The van der Waals surface area contributed by atoms with E-state index in [1.807, 2.05) is 30.3 Å². The van der Waals surface area contributed by atoms with Crippen LogP contribution < -0.4 is 5.32 Å². The first-order chi connectivity index (χ1) is 15.1. The first-order valence-electron chi connectivity index (χ1n) is 10.1. The Labute approximate surface area is 189 Å². The quantitative estimate of drug-likeness (QED) is 0.489. The van der Waals surface area contributed by atoms with E-state index in [1.54, 1.807) is 23.4 Å². The Morgan fingerprint density at radius 1 is 1.32 bits per heavy atom. The van der Waals surface area contributed by atoms with E-state index in [0.717, 1.165) is 25.2 Å². The number of hydrogen-bond donors (Lipinski definition) is 1. The van der Waals surface area contributed by atoms with Gasteiger partial charge in [-0.25, -0.2) is 4.79 Å². The third-order valence-corrected chi connectivity index (χ3v) is 7.43. The molecule has 2 aliphatic heterocycles. The Hall–Kier alpha value is -2.37. The average Bonchev–Trinajstić information content (AvgIpc) is 3.37. The summed E-state index contributed by atoms with van der Waals surface area (Å²) >= 11 is 2.81. The number of fused-ring (bicyclic) bond motifs is 1. The third kappa shape index (κ3) is 4.94. The highest BCUT2D eigenvalue weighted by molar-refractivity contribution is 8.04. The monoisotopic (exact) mass is 460 g/mol. The number of nitrogens with one attached hydrogen (secondary N) is 1. The number of rotatable bonds is 7. The molecule has 164 valence electrons. The van der Waals surface area contributed by atoms with Gasteiger partial charge in [0.05, 0.1) is 28.6 Å². The SMILES string of the molecule is CCOC(=O)C1=C(NC(=O)CSc2nnnn2-c2ccccc2)S[C@H]2CN(C)CC[C@H]12. The second kappa shape index (κ2) is 9.84. The molecule has 3 heterocycles. The van der Waals surface area contributed by atoms with Crippen LogP contribution in [0.4, 0.5) is 0 Å². The summed E-state index contributed by atoms with van der Waals surface area (Å²) in [5.74, 6) is -0.302. The minimum atomic E-state index is -0.331. The van der Waals surface area contributed by atoms with Crippen molar-refractivity contribution >= 4 is 35.4 Å². The van der Waals surface area contributed by atoms with Gasteiger partial charge in [-0.15, -0.1) is 16.9 Å². The number of tetrazole rings is 1. The second-order valence-corrected chi connectivity index (χ2v) is 9.51. The van der Waals surface area contributed by atoms with Crippen LogP contribution in [0.1, 0.15) is 13.3 Å². The number of piperidine rings is 1. The average molecular weight is 461 g/mol. The maximum atomic E-state index is 12.7. The van der Waals surface area contributed by atoms with Gasteiger partial charge in [0.15, 0.2) is 0 Å². The largest absolute Gasteiger partial charge is 0.463 e. The molecule has 0 radical (unpaired) electrons. The number of nitrogens with zero attached hydrogens (tertiary/aromatic N) is 5. The van der Waals surface area contributed by atoms with Crippen molar-refractivity contribution in [1.82, 2.24) is 30.4 Å². The number of hydrogen-bond acceptors (Lipinski definition) is 9. The Kier molecular flexibility index (Phi) is 6.93. The summed E-state index contributed by atoms with van der Waals surface area (Å²) in [5.41, 5.74) is 1.43. The van der Waals surface area contributed by atoms with Gasteiger partial charge in [-0.05, 0) is 49.5 Å². The fourth-order valence-corrected chi connectivity index (χ4v) is 6.04. The van der Waals surface area contributed by atoms with Gasteiger partial charge >= 0.3 is 5.97 Å². The molecular formula is C20H24N6O3S2. The molecule has 0 unspecified atom stereocenters. The Bertz CT molecular complexity index is 980. The van der Waals surface area contributed by atoms with Crippen LogP contribution in [0.15, 0.2) is 46.1 Å². The molecule has 9 nitrogen and oxygen atoms in total. The standard InChI is InChI=1S/C20H24N6O3S2/c1-3-29-19(28)17-14-9-10-25(2)11-15(14)31-18(17)21-16(27)12-30-20-22-23-24-26(20)13-7-5-4-6-8-13/h4-8,14-15H,3,9-12H2,1-2H3,(H,21,27)/t14-,15-/m0/s1. The van der Waals surface area contributed by atoms with E-state index >= 15 is 0 Å². The minimum absolute atomic E-state index is 0.105. The van der Waals surface area contributed by atoms with Crippen LogP contribution in [0.3, 0.4) is 0 Å². The van der Waals surface area contributed by atoms with Gasteiger partial charge in [-0.1, -0.05) is 30.0 Å². The van der Waals surface area contributed by atoms with Crippen LogP contribution in [0.5, 0.6) is 0 Å². The van der Waals surface area contributed by atoms with Crippen molar-refractivity contribution in [2.75, 3.05) is 32.5 Å². The van der Waals surface area contributed by atoms with E-state index in [1.165, 1.54) is 11.8 Å². The molecule has 31 heavy (non-hydrogen) atoms. The number of esters is 1. The maximum absolute atomic E-state index is 12.7. The number of likely N-dealkylation sites (tertiary alicyclic amines) is 1. The molecule has 2 atom stereocenters. The molecule has 2 aliphatic rings. The smallest absolute Gasteiger partial charge is 0.336 e. The molecule has 0 saturated carbocycles. The zero-order chi connectivity index (χ0) is 21.8. The second-order valence-electron chi connectivity index (χ2n) is 7.32. The topological polar surface area (TPSA) is 102 Å². The summed E-state index contributed by atoms with van der Waals surface area (Å²) < 4.78 is 6.88. The predicted octanol–water partition coefficient (Wildman–Crippen LogP) is 1.71. The molecule has 4 rings (SSSR count). The van der Waals surface area contributed by atoms with E-state index in [-0.39, 0.29) is 28.8 Å². The highest BCUT2D eigenvalue weighted by Gasteiger charge is 2.42. The van der Waals surface area contributed by atoms with Crippen molar-refractivity contribution in [3.63, 3.8) is 0 Å². The zero-order valence-electron chi connectivity index (χ0n) is 17.4. The van der Waals surface area contributed by atoms with Gasteiger partial charge in [0, 0.05) is 17.7 Å². The van der Waals surface area contributed by atoms with E-state index in [9.17, 15) is 9.59 Å². The van der Waals surface area contributed by atoms with E-state index < -0.39 is 0 Å². The highest BCUT2D eigenvalue weighted by atomic mass is 32.2. The molecule has 2 aromatic rings. The fraction of sp³-hybridized carbons (Fsp3) is 0.450. The van der Waals surface area contributed by atoms with Gasteiger partial charge in [-0.2, -0.15) is 4.68 Å². The van der Waals surface area contributed by atoms with E-state index in [2.05, 4.69) is 32.8 Å². The molecular weight excluding hydrogens is 436 g/mol. The summed E-state index contributed by atoms with van der Waals surface area (Å²) in [6.07, 6.45) is 0.877. The van der Waals surface area contributed by atoms with Crippen molar-refractivity contribution < 1.29 is 14.3 Å². The summed E-state index contributed by atoms with van der Waals surface area (Å²) in [7, 11) is 2.07. The molecule has 11 heteroatoms. The lowest BCUT2D eigenvalue weighted by Gasteiger charge is -2.32. The van der Waals surface area contributed by atoms with Crippen LogP contribution in [0, 0.1) is 5.92 Å². The summed E-state index contributed by atoms with van der Waals surface area (Å²) in [6, 6.07) is 9.50. The lowest BCUT2D eigenvalue weighted by Crippen LogP contribution is -2.39.